The zero-order chi connectivity index (χ0) is 14.8. The second-order valence-electron chi connectivity index (χ2n) is 5.36. The van der Waals surface area contributed by atoms with Gasteiger partial charge in [0.2, 0.25) is 0 Å². The van der Waals surface area contributed by atoms with E-state index in [0.29, 0.717) is 18.0 Å². The average Bonchev–Trinajstić information content (AvgIpc) is 2.77. The lowest BCUT2D eigenvalue weighted by Crippen LogP contribution is -2.38. The molecule has 1 fully saturated rings. The molecule has 1 aromatic carbocycles. The van der Waals surface area contributed by atoms with E-state index >= 15 is 0 Å². The lowest BCUT2D eigenvalue weighted by molar-refractivity contribution is 0.260. The summed E-state index contributed by atoms with van der Waals surface area (Å²) in [5.74, 6) is 0.479. The van der Waals surface area contributed by atoms with Crippen molar-refractivity contribution >= 4 is 27.0 Å². The molecule has 1 heterocycles. The molecule has 2 rings (SSSR count). The predicted molar refractivity (Wildman–Crippen MR) is 85.7 cm³/mol. The van der Waals surface area contributed by atoms with Crippen LogP contribution in [0.2, 0.25) is 0 Å². The summed E-state index contributed by atoms with van der Waals surface area (Å²) in [7, 11) is -0.923. The zero-order valence-corrected chi connectivity index (χ0v) is 13.2. The highest BCUT2D eigenvalue weighted by Gasteiger charge is 2.32. The molecule has 2 N–H and O–H groups in total. The number of sulfone groups is 1. The molecule has 110 valence electrons. The first-order valence-corrected chi connectivity index (χ1v) is 8.87. The van der Waals surface area contributed by atoms with Gasteiger partial charge in [-0.1, -0.05) is 42.5 Å². The fourth-order valence-electron chi connectivity index (χ4n) is 2.61. The van der Waals surface area contributed by atoms with Gasteiger partial charge >= 0.3 is 0 Å². The fraction of sp³-hybridized carbons (Fsp3) is 0.500. The Morgan fingerprint density at radius 2 is 2.10 bits per heavy atom. The van der Waals surface area contributed by atoms with E-state index in [1.54, 1.807) is 0 Å². The Balaban J connectivity index is 2.08. The van der Waals surface area contributed by atoms with Crippen molar-refractivity contribution in [2.75, 3.05) is 25.1 Å². The second kappa shape index (κ2) is 6.20. The molecule has 0 radical (unpaired) electrons. The summed E-state index contributed by atoms with van der Waals surface area (Å²) in [6, 6.07) is 9.95. The number of benzene rings is 1. The smallest absolute Gasteiger partial charge is 0.151 e. The topological polar surface area (TPSA) is 63.4 Å². The van der Waals surface area contributed by atoms with Crippen LogP contribution in [0.5, 0.6) is 0 Å². The summed E-state index contributed by atoms with van der Waals surface area (Å²) < 4.78 is 23.1. The standard InChI is InChI=1S/C14H20N2O2S2/c1-16(12-7-8-20(17,18)10-12)9-13(14(15)19)11-5-3-2-4-6-11/h2-6,12-13H,7-10H2,1H3,(H2,15,19). The van der Waals surface area contributed by atoms with Gasteiger partial charge in [-0.25, -0.2) is 8.42 Å². The maximum atomic E-state index is 11.6. The van der Waals surface area contributed by atoms with Crippen LogP contribution < -0.4 is 5.73 Å². The van der Waals surface area contributed by atoms with Crippen molar-refractivity contribution in [1.82, 2.24) is 4.90 Å². The van der Waals surface area contributed by atoms with Gasteiger partial charge in [0, 0.05) is 18.5 Å². The van der Waals surface area contributed by atoms with Gasteiger partial charge in [-0.2, -0.15) is 0 Å². The Bertz CT molecular complexity index is 572. The molecule has 0 aliphatic carbocycles. The first-order valence-electron chi connectivity index (χ1n) is 6.64. The number of hydrogen-bond acceptors (Lipinski definition) is 4. The molecule has 0 spiro atoms. The van der Waals surface area contributed by atoms with Crippen LogP contribution in [0, 0.1) is 0 Å². The summed E-state index contributed by atoms with van der Waals surface area (Å²) in [6.45, 7) is 0.652. The Labute approximate surface area is 125 Å². The van der Waals surface area contributed by atoms with Crippen LogP contribution in [0.4, 0.5) is 0 Å². The molecule has 2 atom stereocenters. The van der Waals surface area contributed by atoms with Crippen molar-refractivity contribution in [3.63, 3.8) is 0 Å². The minimum absolute atomic E-state index is 0.0421. The average molecular weight is 312 g/mol. The highest BCUT2D eigenvalue weighted by Crippen LogP contribution is 2.22. The van der Waals surface area contributed by atoms with Crippen molar-refractivity contribution in [2.45, 2.75) is 18.4 Å². The van der Waals surface area contributed by atoms with Gasteiger partial charge < -0.3 is 10.6 Å². The molecule has 4 nitrogen and oxygen atoms in total. The number of nitrogens with two attached hydrogens (primary N) is 1. The lowest BCUT2D eigenvalue weighted by Gasteiger charge is -2.28. The van der Waals surface area contributed by atoms with Crippen LogP contribution in [0.1, 0.15) is 17.9 Å². The van der Waals surface area contributed by atoms with E-state index in [4.69, 9.17) is 18.0 Å². The quantitative estimate of drug-likeness (QED) is 0.827. The summed E-state index contributed by atoms with van der Waals surface area (Å²) in [5.41, 5.74) is 6.93. The third kappa shape index (κ3) is 3.77. The zero-order valence-electron chi connectivity index (χ0n) is 11.5. The lowest BCUT2D eigenvalue weighted by atomic mass is 9.98. The molecule has 0 bridgehead atoms. The molecule has 1 aliphatic heterocycles. The van der Waals surface area contributed by atoms with Crippen molar-refractivity contribution in [2.24, 2.45) is 5.73 Å². The van der Waals surface area contributed by atoms with Gasteiger partial charge in [-0.15, -0.1) is 0 Å². The fourth-order valence-corrected chi connectivity index (χ4v) is 4.62. The predicted octanol–water partition coefficient (Wildman–Crippen LogP) is 1.18. The van der Waals surface area contributed by atoms with Crippen LogP contribution in [-0.2, 0) is 9.84 Å². The normalized spacial score (nSPS) is 22.8. The molecule has 20 heavy (non-hydrogen) atoms. The summed E-state index contributed by atoms with van der Waals surface area (Å²) in [6.07, 6.45) is 0.692. The summed E-state index contributed by atoms with van der Waals surface area (Å²) in [4.78, 5) is 2.52. The van der Waals surface area contributed by atoms with Gasteiger partial charge in [0.05, 0.1) is 16.5 Å². The minimum Gasteiger partial charge on any atom is -0.393 e. The Hall–Kier alpha value is -0.980. The molecule has 1 aliphatic rings. The molecule has 0 saturated carbocycles. The first-order chi connectivity index (χ1) is 9.39. The second-order valence-corrected chi connectivity index (χ2v) is 8.06. The first kappa shape index (κ1) is 15.4. The van der Waals surface area contributed by atoms with Crippen molar-refractivity contribution in [3.05, 3.63) is 35.9 Å². The van der Waals surface area contributed by atoms with E-state index in [9.17, 15) is 8.42 Å². The van der Waals surface area contributed by atoms with Crippen molar-refractivity contribution in [3.8, 4) is 0 Å². The molecule has 0 aromatic heterocycles. The Morgan fingerprint density at radius 3 is 2.60 bits per heavy atom. The van der Waals surface area contributed by atoms with E-state index in [-0.39, 0.29) is 23.5 Å². The highest BCUT2D eigenvalue weighted by atomic mass is 32.2. The monoisotopic (exact) mass is 312 g/mol. The molecule has 2 unspecified atom stereocenters. The van der Waals surface area contributed by atoms with Gasteiger partial charge in [0.25, 0.3) is 0 Å². The molecular formula is C14H20N2O2S2. The van der Waals surface area contributed by atoms with E-state index in [1.807, 2.05) is 37.4 Å². The van der Waals surface area contributed by atoms with E-state index in [0.717, 1.165) is 5.56 Å². The summed E-state index contributed by atoms with van der Waals surface area (Å²) in [5, 5.41) is 0. The van der Waals surface area contributed by atoms with E-state index in [1.165, 1.54) is 0 Å². The molecule has 1 aromatic rings. The molecule has 1 saturated heterocycles. The van der Waals surface area contributed by atoms with Crippen LogP contribution in [0.3, 0.4) is 0 Å². The highest BCUT2D eigenvalue weighted by molar-refractivity contribution is 7.91. The van der Waals surface area contributed by atoms with Crippen LogP contribution in [0.15, 0.2) is 30.3 Å². The number of thiocarbonyl (C=S) groups is 1. The number of nitrogens with zero attached hydrogens (tertiary/aromatic N) is 1. The van der Waals surface area contributed by atoms with Gasteiger partial charge in [-0.05, 0) is 19.0 Å². The Kier molecular flexibility index (Phi) is 4.78. The number of rotatable bonds is 5. The van der Waals surface area contributed by atoms with Gasteiger partial charge in [-0.3, -0.25) is 0 Å². The molecule has 0 amide bonds. The van der Waals surface area contributed by atoms with Crippen LogP contribution in [0.25, 0.3) is 0 Å². The van der Waals surface area contributed by atoms with E-state index < -0.39 is 9.84 Å². The molecular weight excluding hydrogens is 292 g/mol. The van der Waals surface area contributed by atoms with E-state index in [2.05, 4.69) is 4.90 Å². The maximum absolute atomic E-state index is 11.6. The largest absolute Gasteiger partial charge is 0.393 e. The number of likely N-dealkylation sites (N-methyl/N-ethyl adjacent to an activating group) is 1. The van der Waals surface area contributed by atoms with Crippen molar-refractivity contribution in [1.29, 1.82) is 0 Å². The Morgan fingerprint density at radius 1 is 1.45 bits per heavy atom. The van der Waals surface area contributed by atoms with Crippen LogP contribution in [-0.4, -0.2) is 49.4 Å². The molecule has 6 heteroatoms. The third-order valence-corrected chi connectivity index (χ3v) is 5.88. The third-order valence-electron chi connectivity index (χ3n) is 3.85. The minimum atomic E-state index is -2.87. The van der Waals surface area contributed by atoms with Gasteiger partial charge in [0.15, 0.2) is 9.84 Å². The maximum Gasteiger partial charge on any atom is 0.151 e. The SMILES string of the molecule is CN(CC(C(N)=S)c1ccccc1)C1CCS(=O)(=O)C1. The summed E-state index contributed by atoms with van der Waals surface area (Å²) >= 11 is 5.17. The van der Waals surface area contributed by atoms with Crippen LogP contribution >= 0.6 is 12.2 Å². The number of hydrogen-bond donors (Lipinski definition) is 1. The van der Waals surface area contributed by atoms with Crippen molar-refractivity contribution < 1.29 is 8.42 Å². The van der Waals surface area contributed by atoms with Gasteiger partial charge in [0.1, 0.15) is 0 Å².